The van der Waals surface area contributed by atoms with Gasteiger partial charge in [0.05, 0.1) is 11.0 Å². The second kappa shape index (κ2) is 5.38. The molecule has 98 valence electrons. The smallest absolute Gasteiger partial charge is 0.140 e. The molecule has 2 rings (SSSR count). The van der Waals surface area contributed by atoms with Crippen molar-refractivity contribution in [2.45, 2.75) is 26.0 Å². The van der Waals surface area contributed by atoms with E-state index in [9.17, 15) is 0 Å². The fourth-order valence-corrected chi connectivity index (χ4v) is 2.52. The molecule has 0 radical (unpaired) electrons. The maximum atomic E-state index is 5.75. The lowest BCUT2D eigenvalue weighted by molar-refractivity contribution is 0.0992. The van der Waals surface area contributed by atoms with E-state index < -0.39 is 0 Å². The summed E-state index contributed by atoms with van der Waals surface area (Å²) < 4.78 is 8.62. The number of benzene rings is 1. The monoisotopic (exact) mass is 311 g/mol. The molecule has 1 heterocycles. The van der Waals surface area contributed by atoms with Crippen LogP contribution in [0.1, 0.15) is 31.8 Å². The molecule has 2 aromatic rings. The molecule has 0 aliphatic carbocycles. The standard InChI is InChI=1S/C13H18BrN3O/c1-8(2)17-11-5-4-9(14)6-10(11)16-13(17)12(7-15)18-3/h4-6,8,12H,7,15H2,1-3H3. The number of fused-ring (bicyclic) bond motifs is 1. The normalized spacial score (nSPS) is 13.4. The number of aromatic nitrogens is 2. The van der Waals surface area contributed by atoms with Gasteiger partial charge in [-0.3, -0.25) is 0 Å². The molecule has 0 fully saturated rings. The molecule has 0 saturated heterocycles. The van der Waals surface area contributed by atoms with E-state index in [0.717, 1.165) is 21.3 Å². The Morgan fingerprint density at radius 2 is 2.17 bits per heavy atom. The van der Waals surface area contributed by atoms with E-state index in [1.165, 1.54) is 0 Å². The first-order valence-electron chi connectivity index (χ1n) is 5.98. The molecule has 0 saturated carbocycles. The summed E-state index contributed by atoms with van der Waals surface area (Å²) in [5.41, 5.74) is 7.82. The third kappa shape index (κ3) is 2.30. The molecule has 1 aromatic carbocycles. The zero-order valence-corrected chi connectivity index (χ0v) is 12.4. The first-order valence-corrected chi connectivity index (χ1v) is 6.78. The molecule has 2 N–H and O–H groups in total. The zero-order chi connectivity index (χ0) is 13.3. The summed E-state index contributed by atoms with van der Waals surface area (Å²) in [6, 6.07) is 6.42. The number of ether oxygens (including phenoxy) is 1. The number of nitrogens with two attached hydrogens (primary N) is 1. The van der Waals surface area contributed by atoms with Crippen LogP contribution in [0, 0.1) is 0 Å². The van der Waals surface area contributed by atoms with Crippen LogP contribution < -0.4 is 5.73 Å². The molecule has 0 amide bonds. The Labute approximate surface area is 115 Å². The van der Waals surface area contributed by atoms with Crippen LogP contribution in [-0.4, -0.2) is 23.2 Å². The Morgan fingerprint density at radius 3 is 2.72 bits per heavy atom. The Kier molecular flexibility index (Phi) is 4.04. The second-order valence-electron chi connectivity index (χ2n) is 4.53. The molecule has 0 aliphatic heterocycles. The van der Waals surface area contributed by atoms with Crippen LogP contribution in [0.4, 0.5) is 0 Å². The SMILES string of the molecule is COC(CN)c1nc2cc(Br)ccc2n1C(C)C. The highest BCUT2D eigenvalue weighted by molar-refractivity contribution is 9.10. The van der Waals surface area contributed by atoms with Gasteiger partial charge in [-0.25, -0.2) is 4.98 Å². The van der Waals surface area contributed by atoms with E-state index in [-0.39, 0.29) is 6.10 Å². The molecule has 18 heavy (non-hydrogen) atoms. The Bertz CT molecular complexity index is 546. The summed E-state index contributed by atoms with van der Waals surface area (Å²) in [5.74, 6) is 0.892. The van der Waals surface area contributed by atoms with Crippen molar-refractivity contribution in [3.8, 4) is 0 Å². The summed E-state index contributed by atoms with van der Waals surface area (Å²) in [7, 11) is 1.66. The van der Waals surface area contributed by atoms with Gasteiger partial charge in [-0.05, 0) is 32.0 Å². The minimum absolute atomic E-state index is 0.168. The van der Waals surface area contributed by atoms with E-state index >= 15 is 0 Å². The van der Waals surface area contributed by atoms with Gasteiger partial charge in [0.15, 0.2) is 0 Å². The van der Waals surface area contributed by atoms with Gasteiger partial charge >= 0.3 is 0 Å². The molecule has 1 aromatic heterocycles. The third-order valence-corrected chi connectivity index (χ3v) is 3.48. The lowest BCUT2D eigenvalue weighted by Gasteiger charge is -2.18. The number of halogens is 1. The van der Waals surface area contributed by atoms with E-state index in [1.807, 2.05) is 12.1 Å². The van der Waals surface area contributed by atoms with Crippen LogP contribution in [0.2, 0.25) is 0 Å². The van der Waals surface area contributed by atoms with Crippen molar-refractivity contribution in [2.75, 3.05) is 13.7 Å². The van der Waals surface area contributed by atoms with Gasteiger partial charge in [-0.15, -0.1) is 0 Å². The molecule has 0 bridgehead atoms. The van der Waals surface area contributed by atoms with Gasteiger partial charge in [0, 0.05) is 24.2 Å². The van der Waals surface area contributed by atoms with Crippen molar-refractivity contribution in [3.63, 3.8) is 0 Å². The average Bonchev–Trinajstić information content (AvgIpc) is 2.68. The maximum Gasteiger partial charge on any atom is 0.140 e. The van der Waals surface area contributed by atoms with Gasteiger partial charge < -0.3 is 15.0 Å². The number of hydrogen-bond acceptors (Lipinski definition) is 3. The Balaban J connectivity index is 2.68. The van der Waals surface area contributed by atoms with Crippen molar-refractivity contribution in [2.24, 2.45) is 5.73 Å². The predicted octanol–water partition coefficient (Wildman–Crippen LogP) is 3.03. The van der Waals surface area contributed by atoms with Crippen LogP contribution in [0.3, 0.4) is 0 Å². The first kappa shape index (κ1) is 13.5. The van der Waals surface area contributed by atoms with Crippen LogP contribution in [0.15, 0.2) is 22.7 Å². The lowest BCUT2D eigenvalue weighted by atomic mass is 10.2. The molecule has 5 heteroatoms. The zero-order valence-electron chi connectivity index (χ0n) is 10.9. The highest BCUT2D eigenvalue weighted by Gasteiger charge is 2.20. The highest BCUT2D eigenvalue weighted by atomic mass is 79.9. The molecular formula is C13H18BrN3O. The van der Waals surface area contributed by atoms with Crippen molar-refractivity contribution < 1.29 is 4.74 Å². The number of nitrogens with zero attached hydrogens (tertiary/aromatic N) is 2. The molecular weight excluding hydrogens is 294 g/mol. The number of methoxy groups -OCH3 is 1. The van der Waals surface area contributed by atoms with E-state index in [1.54, 1.807) is 7.11 Å². The van der Waals surface area contributed by atoms with Gasteiger partial charge in [-0.2, -0.15) is 0 Å². The van der Waals surface area contributed by atoms with Gasteiger partial charge in [-0.1, -0.05) is 15.9 Å². The first-order chi connectivity index (χ1) is 8.58. The third-order valence-electron chi connectivity index (χ3n) is 2.98. The van der Waals surface area contributed by atoms with Crippen LogP contribution in [0.25, 0.3) is 11.0 Å². The van der Waals surface area contributed by atoms with Crippen molar-refractivity contribution in [1.82, 2.24) is 9.55 Å². The van der Waals surface area contributed by atoms with Gasteiger partial charge in [0.25, 0.3) is 0 Å². The second-order valence-corrected chi connectivity index (χ2v) is 5.44. The van der Waals surface area contributed by atoms with Gasteiger partial charge in [0.1, 0.15) is 11.9 Å². The van der Waals surface area contributed by atoms with E-state index in [4.69, 9.17) is 10.5 Å². The molecule has 1 atom stereocenters. The fourth-order valence-electron chi connectivity index (χ4n) is 2.17. The number of hydrogen-bond donors (Lipinski definition) is 1. The molecule has 1 unspecified atom stereocenters. The summed E-state index contributed by atoms with van der Waals surface area (Å²) in [5, 5.41) is 0. The lowest BCUT2D eigenvalue weighted by Crippen LogP contribution is -2.19. The molecule has 4 nitrogen and oxygen atoms in total. The van der Waals surface area contributed by atoms with Crippen molar-refractivity contribution in [3.05, 3.63) is 28.5 Å². The fraction of sp³-hybridized carbons (Fsp3) is 0.462. The van der Waals surface area contributed by atoms with Gasteiger partial charge in [0.2, 0.25) is 0 Å². The summed E-state index contributed by atoms with van der Waals surface area (Å²) >= 11 is 3.47. The van der Waals surface area contributed by atoms with E-state index in [0.29, 0.717) is 12.6 Å². The maximum absolute atomic E-state index is 5.75. The van der Waals surface area contributed by atoms with Crippen LogP contribution in [0.5, 0.6) is 0 Å². The van der Waals surface area contributed by atoms with Crippen molar-refractivity contribution in [1.29, 1.82) is 0 Å². The minimum Gasteiger partial charge on any atom is -0.372 e. The Morgan fingerprint density at radius 1 is 1.44 bits per heavy atom. The number of imidazole rings is 1. The van der Waals surface area contributed by atoms with Crippen molar-refractivity contribution >= 4 is 27.0 Å². The quantitative estimate of drug-likeness (QED) is 0.944. The highest BCUT2D eigenvalue weighted by Crippen LogP contribution is 2.27. The Hall–Kier alpha value is -0.910. The minimum atomic E-state index is -0.168. The number of rotatable bonds is 4. The topological polar surface area (TPSA) is 53.1 Å². The average molecular weight is 312 g/mol. The van der Waals surface area contributed by atoms with Crippen LogP contribution >= 0.6 is 15.9 Å². The molecule has 0 aliphatic rings. The van der Waals surface area contributed by atoms with Crippen LogP contribution in [-0.2, 0) is 4.74 Å². The summed E-state index contributed by atoms with van der Waals surface area (Å²) in [4.78, 5) is 4.66. The predicted molar refractivity (Wildman–Crippen MR) is 76.6 cm³/mol. The largest absolute Gasteiger partial charge is 0.372 e. The summed E-state index contributed by atoms with van der Waals surface area (Å²) in [6.45, 7) is 4.69. The summed E-state index contributed by atoms with van der Waals surface area (Å²) in [6.07, 6.45) is -0.168. The molecule has 0 spiro atoms. The van der Waals surface area contributed by atoms with E-state index in [2.05, 4.69) is 45.4 Å².